The molecule has 0 bridgehead atoms. The van der Waals surface area contributed by atoms with Crippen LogP contribution in [0.15, 0.2) is 79.1 Å². The highest BCUT2D eigenvalue weighted by Gasteiger charge is 2.04. The fourth-order valence-electron chi connectivity index (χ4n) is 2.72. The molecule has 2 aromatic carbocycles. The molecule has 3 heteroatoms. The van der Waals surface area contributed by atoms with Crippen LogP contribution in [0, 0.1) is 0 Å². The summed E-state index contributed by atoms with van der Waals surface area (Å²) in [5, 5.41) is 1.13. The van der Waals surface area contributed by atoms with Crippen molar-refractivity contribution in [3.8, 4) is 22.7 Å². The molecule has 0 atom stereocenters. The molecule has 23 heavy (non-hydrogen) atoms. The number of aromatic nitrogens is 2. The lowest BCUT2D eigenvalue weighted by molar-refractivity contribution is 0.415. The molecule has 0 saturated carbocycles. The fraction of sp³-hybridized carbons (Fsp3) is 0.0500. The van der Waals surface area contributed by atoms with Gasteiger partial charge in [-0.3, -0.25) is 0 Å². The minimum Gasteiger partial charge on any atom is -0.497 e. The lowest BCUT2D eigenvalue weighted by atomic mass is 10.1. The van der Waals surface area contributed by atoms with E-state index in [2.05, 4.69) is 28.8 Å². The first-order chi connectivity index (χ1) is 11.3. The van der Waals surface area contributed by atoms with E-state index in [9.17, 15) is 0 Å². The van der Waals surface area contributed by atoms with E-state index in [0.717, 1.165) is 33.6 Å². The summed E-state index contributed by atoms with van der Waals surface area (Å²) in [5.74, 6) is 0.838. The van der Waals surface area contributed by atoms with Gasteiger partial charge in [-0.2, -0.15) is 0 Å². The number of hydrogen-bond acceptors (Lipinski definition) is 2. The Morgan fingerprint density at radius 3 is 2.52 bits per heavy atom. The zero-order valence-electron chi connectivity index (χ0n) is 12.8. The monoisotopic (exact) mass is 300 g/mol. The Hall–Kier alpha value is -3.07. The number of benzene rings is 2. The average Bonchev–Trinajstić information content (AvgIpc) is 3.15. The van der Waals surface area contributed by atoms with Gasteiger partial charge in [0.25, 0.3) is 0 Å². The Balaban J connectivity index is 1.82. The van der Waals surface area contributed by atoms with Gasteiger partial charge in [-0.15, -0.1) is 0 Å². The molecule has 0 aliphatic heterocycles. The summed E-state index contributed by atoms with van der Waals surface area (Å²) in [6, 6.07) is 22.5. The zero-order valence-corrected chi connectivity index (χ0v) is 12.8. The SMILES string of the molecule is COc1cccc(-c2ccc3ccc(-n4cccc4)cc3n2)c1. The van der Waals surface area contributed by atoms with Crippen LogP contribution in [0.2, 0.25) is 0 Å². The Bertz CT molecular complexity index is 958. The highest BCUT2D eigenvalue weighted by molar-refractivity contribution is 5.83. The summed E-state index contributed by atoms with van der Waals surface area (Å²) in [7, 11) is 1.68. The number of nitrogens with zero attached hydrogens (tertiary/aromatic N) is 2. The second-order valence-electron chi connectivity index (χ2n) is 5.40. The Morgan fingerprint density at radius 1 is 0.870 bits per heavy atom. The first-order valence-electron chi connectivity index (χ1n) is 7.52. The molecule has 4 rings (SSSR count). The van der Waals surface area contributed by atoms with Crippen LogP contribution in [-0.4, -0.2) is 16.7 Å². The van der Waals surface area contributed by atoms with Gasteiger partial charge in [0.1, 0.15) is 5.75 Å². The average molecular weight is 300 g/mol. The summed E-state index contributed by atoms with van der Waals surface area (Å²) in [5.41, 5.74) is 4.09. The van der Waals surface area contributed by atoms with Crippen molar-refractivity contribution in [2.75, 3.05) is 7.11 Å². The predicted octanol–water partition coefficient (Wildman–Crippen LogP) is 4.70. The van der Waals surface area contributed by atoms with Gasteiger partial charge < -0.3 is 9.30 Å². The molecule has 0 aliphatic carbocycles. The number of ether oxygens (including phenoxy) is 1. The second-order valence-corrected chi connectivity index (χ2v) is 5.40. The van der Waals surface area contributed by atoms with Gasteiger partial charge in [0, 0.05) is 29.0 Å². The molecule has 0 fully saturated rings. The first kappa shape index (κ1) is 13.6. The van der Waals surface area contributed by atoms with Crippen molar-refractivity contribution in [1.82, 2.24) is 9.55 Å². The standard InChI is InChI=1S/C20H16N2O/c1-23-18-6-4-5-16(13-18)19-10-8-15-7-9-17(14-20(15)21-19)22-11-2-3-12-22/h2-14H,1H3. The van der Waals surface area contributed by atoms with E-state index in [1.807, 2.05) is 54.9 Å². The third kappa shape index (κ3) is 2.57. The molecule has 0 aliphatic rings. The maximum Gasteiger partial charge on any atom is 0.119 e. The van der Waals surface area contributed by atoms with Crippen LogP contribution in [0.5, 0.6) is 5.75 Å². The largest absolute Gasteiger partial charge is 0.497 e. The smallest absolute Gasteiger partial charge is 0.119 e. The quantitative estimate of drug-likeness (QED) is 0.548. The third-order valence-corrected chi connectivity index (χ3v) is 3.94. The molecule has 112 valence electrons. The molecule has 0 unspecified atom stereocenters. The molecular formula is C20H16N2O. The van der Waals surface area contributed by atoms with E-state index in [0.29, 0.717) is 0 Å². The van der Waals surface area contributed by atoms with E-state index in [4.69, 9.17) is 9.72 Å². The molecule has 0 spiro atoms. The van der Waals surface area contributed by atoms with Crippen molar-refractivity contribution in [2.24, 2.45) is 0 Å². The molecular weight excluding hydrogens is 284 g/mol. The van der Waals surface area contributed by atoms with Gasteiger partial charge in [-0.05, 0) is 42.5 Å². The predicted molar refractivity (Wildman–Crippen MR) is 93.1 cm³/mol. The minimum atomic E-state index is 0.838. The summed E-state index contributed by atoms with van der Waals surface area (Å²) in [6.45, 7) is 0. The van der Waals surface area contributed by atoms with E-state index < -0.39 is 0 Å². The van der Waals surface area contributed by atoms with E-state index in [1.54, 1.807) is 7.11 Å². The highest BCUT2D eigenvalue weighted by Crippen LogP contribution is 2.25. The van der Waals surface area contributed by atoms with Crippen LogP contribution >= 0.6 is 0 Å². The van der Waals surface area contributed by atoms with E-state index >= 15 is 0 Å². The maximum absolute atomic E-state index is 5.30. The second kappa shape index (κ2) is 5.61. The van der Waals surface area contributed by atoms with Crippen LogP contribution in [0.3, 0.4) is 0 Å². The number of rotatable bonds is 3. The zero-order chi connectivity index (χ0) is 15.6. The van der Waals surface area contributed by atoms with Gasteiger partial charge in [0.05, 0.1) is 18.3 Å². The highest BCUT2D eigenvalue weighted by atomic mass is 16.5. The summed E-state index contributed by atoms with van der Waals surface area (Å²) >= 11 is 0. The van der Waals surface area contributed by atoms with E-state index in [-0.39, 0.29) is 0 Å². The summed E-state index contributed by atoms with van der Waals surface area (Å²) in [6.07, 6.45) is 4.07. The molecule has 2 heterocycles. The lowest BCUT2D eigenvalue weighted by Crippen LogP contribution is -1.91. The fourth-order valence-corrected chi connectivity index (χ4v) is 2.72. The van der Waals surface area contributed by atoms with Gasteiger partial charge in [-0.25, -0.2) is 4.98 Å². The number of fused-ring (bicyclic) bond motifs is 1. The van der Waals surface area contributed by atoms with Crippen molar-refractivity contribution >= 4 is 10.9 Å². The Labute approximate surface area is 134 Å². The van der Waals surface area contributed by atoms with Crippen molar-refractivity contribution in [1.29, 1.82) is 0 Å². The molecule has 0 saturated heterocycles. The van der Waals surface area contributed by atoms with Gasteiger partial charge >= 0.3 is 0 Å². The molecule has 2 aromatic heterocycles. The van der Waals surface area contributed by atoms with E-state index in [1.165, 1.54) is 0 Å². The summed E-state index contributed by atoms with van der Waals surface area (Å²) < 4.78 is 7.38. The lowest BCUT2D eigenvalue weighted by Gasteiger charge is -2.08. The van der Waals surface area contributed by atoms with Crippen LogP contribution in [-0.2, 0) is 0 Å². The van der Waals surface area contributed by atoms with Crippen LogP contribution in [0.25, 0.3) is 27.8 Å². The van der Waals surface area contributed by atoms with Crippen molar-refractivity contribution in [2.45, 2.75) is 0 Å². The molecule has 0 radical (unpaired) electrons. The molecule has 3 nitrogen and oxygen atoms in total. The van der Waals surface area contributed by atoms with Gasteiger partial charge in [-0.1, -0.05) is 24.3 Å². The first-order valence-corrected chi connectivity index (χ1v) is 7.52. The Kier molecular flexibility index (Phi) is 3.31. The van der Waals surface area contributed by atoms with Gasteiger partial charge in [0.2, 0.25) is 0 Å². The number of methoxy groups -OCH3 is 1. The molecule has 4 aromatic rings. The molecule has 0 N–H and O–H groups in total. The summed E-state index contributed by atoms with van der Waals surface area (Å²) in [4.78, 5) is 4.82. The molecule has 0 amide bonds. The van der Waals surface area contributed by atoms with Crippen molar-refractivity contribution in [3.05, 3.63) is 79.1 Å². The van der Waals surface area contributed by atoms with Gasteiger partial charge in [0.15, 0.2) is 0 Å². The number of hydrogen-bond donors (Lipinski definition) is 0. The Morgan fingerprint density at radius 2 is 1.70 bits per heavy atom. The van der Waals surface area contributed by atoms with Crippen LogP contribution in [0.1, 0.15) is 0 Å². The third-order valence-electron chi connectivity index (χ3n) is 3.94. The normalized spacial score (nSPS) is 10.8. The maximum atomic E-state index is 5.30. The van der Waals surface area contributed by atoms with Crippen molar-refractivity contribution < 1.29 is 4.74 Å². The minimum absolute atomic E-state index is 0.838. The van der Waals surface area contributed by atoms with Crippen molar-refractivity contribution in [3.63, 3.8) is 0 Å². The number of pyridine rings is 1. The van der Waals surface area contributed by atoms with Crippen LogP contribution < -0.4 is 4.74 Å². The van der Waals surface area contributed by atoms with Crippen LogP contribution in [0.4, 0.5) is 0 Å². The topological polar surface area (TPSA) is 27.1 Å².